The molecule has 0 radical (unpaired) electrons. The number of rotatable bonds is 2. The molecule has 0 fully saturated rings. The van der Waals surface area contributed by atoms with Gasteiger partial charge in [-0.2, -0.15) is 13.2 Å². The van der Waals surface area contributed by atoms with Gasteiger partial charge in [-0.3, -0.25) is 0 Å². The van der Waals surface area contributed by atoms with Crippen LogP contribution in [0, 0.1) is 0 Å². The van der Waals surface area contributed by atoms with Gasteiger partial charge in [0.2, 0.25) is 5.95 Å². The van der Waals surface area contributed by atoms with Crippen LogP contribution in [0.15, 0.2) is 24.5 Å². The van der Waals surface area contributed by atoms with Crippen molar-refractivity contribution in [3.8, 4) is 5.69 Å². The van der Waals surface area contributed by atoms with Crippen molar-refractivity contribution in [3.05, 3.63) is 35.7 Å². The van der Waals surface area contributed by atoms with Gasteiger partial charge in [0.05, 0.1) is 11.3 Å². The predicted molar refractivity (Wildman–Crippen MR) is 64.9 cm³/mol. The monoisotopic (exact) mass is 270 g/mol. The zero-order chi connectivity index (χ0) is 14.2. The summed E-state index contributed by atoms with van der Waals surface area (Å²) < 4.78 is 40.3. The molecule has 102 valence electrons. The van der Waals surface area contributed by atoms with Crippen LogP contribution in [0.5, 0.6) is 0 Å². The highest BCUT2D eigenvalue weighted by Crippen LogP contribution is 2.36. The summed E-state index contributed by atoms with van der Waals surface area (Å²) in [7, 11) is 0. The molecule has 0 amide bonds. The lowest BCUT2D eigenvalue weighted by Crippen LogP contribution is -2.11. The molecule has 0 spiro atoms. The number of halogens is 3. The van der Waals surface area contributed by atoms with Crippen molar-refractivity contribution in [2.75, 3.05) is 5.73 Å². The van der Waals surface area contributed by atoms with Crippen LogP contribution in [0.1, 0.15) is 30.9 Å². The summed E-state index contributed by atoms with van der Waals surface area (Å²) in [4.78, 5) is 3.69. The van der Waals surface area contributed by atoms with E-state index in [0.29, 0.717) is 0 Å². The Bertz CT molecular complexity index is 587. The van der Waals surface area contributed by atoms with Crippen LogP contribution in [0.4, 0.5) is 19.1 Å². The predicted octanol–water partition coefficient (Wildman–Crippen LogP) is 2.99. The first-order valence-corrected chi connectivity index (χ1v) is 5.67. The summed E-state index contributed by atoms with van der Waals surface area (Å²) in [5.74, 6) is -0.201. The van der Waals surface area contributed by atoms with E-state index in [1.807, 2.05) is 0 Å². The summed E-state index contributed by atoms with van der Waals surface area (Å²) in [6, 6.07) is 4.09. The number of hydrogen-bond donors (Lipinski definition) is 1. The van der Waals surface area contributed by atoms with E-state index in [-0.39, 0.29) is 23.1 Å². The maximum absolute atomic E-state index is 13.0. The van der Waals surface area contributed by atoms with Crippen LogP contribution >= 0.6 is 0 Å². The zero-order valence-electron chi connectivity index (χ0n) is 10.4. The molecule has 0 aliphatic heterocycles. The fraction of sp³-hybridized carbons (Fsp3) is 0.333. The highest BCUT2D eigenvalue weighted by molar-refractivity contribution is 5.43. The van der Waals surface area contributed by atoms with E-state index in [1.165, 1.54) is 17.1 Å². The largest absolute Gasteiger partial charge is 0.416 e. The Morgan fingerprint density at radius 1 is 1.26 bits per heavy atom. The molecule has 2 N–H and O–H groups in total. The number of anilines is 1. The van der Waals surface area contributed by atoms with E-state index in [4.69, 9.17) is 5.73 Å². The summed E-state index contributed by atoms with van der Waals surface area (Å²) in [5.41, 5.74) is 5.23. The molecule has 1 heterocycles. The van der Waals surface area contributed by atoms with Gasteiger partial charge in [-0.25, -0.2) is 9.67 Å². The molecule has 19 heavy (non-hydrogen) atoms. The molecule has 0 unspecified atom stereocenters. The number of aromatic nitrogens is 3. The van der Waals surface area contributed by atoms with Crippen LogP contribution in [-0.2, 0) is 6.18 Å². The van der Waals surface area contributed by atoms with Gasteiger partial charge < -0.3 is 5.73 Å². The van der Waals surface area contributed by atoms with Crippen molar-refractivity contribution >= 4 is 5.95 Å². The van der Waals surface area contributed by atoms with Crippen LogP contribution in [0.2, 0.25) is 0 Å². The molecule has 0 aliphatic carbocycles. The molecule has 0 atom stereocenters. The van der Waals surface area contributed by atoms with Crippen LogP contribution in [-0.4, -0.2) is 14.8 Å². The van der Waals surface area contributed by atoms with Crippen LogP contribution in [0.25, 0.3) is 5.69 Å². The van der Waals surface area contributed by atoms with Crippen molar-refractivity contribution in [1.29, 1.82) is 0 Å². The van der Waals surface area contributed by atoms with Crippen molar-refractivity contribution in [2.24, 2.45) is 0 Å². The minimum atomic E-state index is -4.40. The molecular weight excluding hydrogens is 257 g/mol. The Kier molecular flexibility index (Phi) is 3.21. The van der Waals surface area contributed by atoms with Gasteiger partial charge in [0.1, 0.15) is 6.33 Å². The Morgan fingerprint density at radius 3 is 2.42 bits per heavy atom. The summed E-state index contributed by atoms with van der Waals surface area (Å²) in [6.45, 7) is 3.44. The quantitative estimate of drug-likeness (QED) is 0.912. The Balaban J connectivity index is 2.56. The molecule has 2 rings (SSSR count). The number of alkyl halides is 3. The lowest BCUT2D eigenvalue weighted by atomic mass is 9.96. The third kappa shape index (κ3) is 2.69. The first-order valence-electron chi connectivity index (χ1n) is 5.67. The average molecular weight is 270 g/mol. The molecule has 0 saturated heterocycles. The normalized spacial score (nSPS) is 12.1. The van der Waals surface area contributed by atoms with Gasteiger partial charge in [-0.15, -0.1) is 5.10 Å². The lowest BCUT2D eigenvalue weighted by Gasteiger charge is -2.16. The van der Waals surface area contributed by atoms with Gasteiger partial charge in [-0.1, -0.05) is 19.9 Å². The Hall–Kier alpha value is -2.05. The van der Waals surface area contributed by atoms with Gasteiger partial charge in [-0.05, 0) is 23.6 Å². The van der Waals surface area contributed by atoms with Crippen molar-refractivity contribution in [3.63, 3.8) is 0 Å². The van der Waals surface area contributed by atoms with Crippen molar-refractivity contribution in [1.82, 2.24) is 14.8 Å². The number of nitrogens with zero attached hydrogens (tertiary/aromatic N) is 3. The maximum Gasteiger partial charge on any atom is 0.416 e. The van der Waals surface area contributed by atoms with Crippen LogP contribution in [0.3, 0.4) is 0 Å². The molecule has 0 saturated carbocycles. The number of hydrogen-bond acceptors (Lipinski definition) is 3. The van der Waals surface area contributed by atoms with Crippen LogP contribution < -0.4 is 5.73 Å². The van der Waals surface area contributed by atoms with Crippen molar-refractivity contribution in [2.45, 2.75) is 25.9 Å². The summed E-state index contributed by atoms with van der Waals surface area (Å²) in [5, 5.41) is 3.79. The SMILES string of the molecule is CC(C)c1ccc(-n2cnc(N)n2)cc1C(F)(F)F. The van der Waals surface area contributed by atoms with Gasteiger partial charge in [0.15, 0.2) is 0 Å². The first kappa shape index (κ1) is 13.4. The van der Waals surface area contributed by atoms with E-state index in [1.54, 1.807) is 19.9 Å². The highest BCUT2D eigenvalue weighted by atomic mass is 19.4. The van der Waals surface area contributed by atoms with E-state index in [0.717, 1.165) is 6.07 Å². The molecule has 0 aliphatic rings. The number of nitrogens with two attached hydrogens (primary N) is 1. The highest BCUT2D eigenvalue weighted by Gasteiger charge is 2.34. The second-order valence-electron chi connectivity index (χ2n) is 4.47. The van der Waals surface area contributed by atoms with E-state index >= 15 is 0 Å². The standard InChI is InChI=1S/C12H13F3N4/c1-7(2)9-4-3-8(5-10(9)12(13,14)15)19-6-17-11(16)18-19/h3-7H,1-2H3,(H2,16,18). The topological polar surface area (TPSA) is 56.7 Å². The number of nitrogen functional groups attached to an aromatic ring is 1. The molecule has 1 aromatic carbocycles. The third-order valence-electron chi connectivity index (χ3n) is 2.74. The number of benzene rings is 1. The van der Waals surface area contributed by atoms with Gasteiger partial charge in [0.25, 0.3) is 0 Å². The minimum absolute atomic E-state index is 0.0153. The fourth-order valence-electron chi connectivity index (χ4n) is 1.84. The van der Waals surface area contributed by atoms with E-state index in [2.05, 4.69) is 10.1 Å². The minimum Gasteiger partial charge on any atom is -0.366 e. The Labute approximate surface area is 108 Å². The first-order chi connectivity index (χ1) is 8.79. The van der Waals surface area contributed by atoms with E-state index in [9.17, 15) is 13.2 Å². The van der Waals surface area contributed by atoms with Gasteiger partial charge in [0, 0.05) is 0 Å². The molecule has 7 heteroatoms. The smallest absolute Gasteiger partial charge is 0.366 e. The molecule has 4 nitrogen and oxygen atoms in total. The van der Waals surface area contributed by atoms with E-state index < -0.39 is 11.7 Å². The molecule has 2 aromatic rings. The second-order valence-corrected chi connectivity index (χ2v) is 4.47. The third-order valence-corrected chi connectivity index (χ3v) is 2.74. The molecule has 0 bridgehead atoms. The van der Waals surface area contributed by atoms with Crippen molar-refractivity contribution < 1.29 is 13.2 Å². The molecule has 1 aromatic heterocycles. The zero-order valence-corrected chi connectivity index (χ0v) is 10.4. The van der Waals surface area contributed by atoms with Gasteiger partial charge >= 0.3 is 6.18 Å². The lowest BCUT2D eigenvalue weighted by molar-refractivity contribution is -0.138. The maximum atomic E-state index is 13.0. The Morgan fingerprint density at radius 2 is 1.95 bits per heavy atom. The second kappa shape index (κ2) is 4.56. The fourth-order valence-corrected chi connectivity index (χ4v) is 1.84. The summed E-state index contributed by atoms with van der Waals surface area (Å²) >= 11 is 0. The molecular formula is C12H13F3N4. The summed E-state index contributed by atoms with van der Waals surface area (Å²) in [6.07, 6.45) is -3.12. The average Bonchev–Trinajstić information content (AvgIpc) is 2.74.